The van der Waals surface area contributed by atoms with Gasteiger partial charge in [-0.25, -0.2) is 0 Å². The molecule has 0 spiro atoms. The van der Waals surface area contributed by atoms with Crippen molar-refractivity contribution in [3.63, 3.8) is 0 Å². The Bertz CT molecular complexity index is 863. The molecule has 43 heavy (non-hydrogen) atoms. The largest absolute Gasteiger partial charge is 0.393 e. The highest BCUT2D eigenvalue weighted by molar-refractivity contribution is 5.75. The zero-order chi connectivity index (χ0) is 31.0. The minimum atomic E-state index is -0.391. The van der Waals surface area contributed by atoms with Gasteiger partial charge in [0, 0.05) is 26.2 Å². The predicted octanol–water partition coefficient (Wildman–Crippen LogP) is 3.27. The minimum Gasteiger partial charge on any atom is -0.393 e. The number of nitrogens with two attached hydrogens (primary N) is 1. The first-order chi connectivity index (χ1) is 20.6. The van der Waals surface area contributed by atoms with Crippen LogP contribution in [0, 0.1) is 46.3 Å². The lowest BCUT2D eigenvalue weighted by atomic mass is 9.43. The highest BCUT2D eigenvalue weighted by Crippen LogP contribution is 2.68. The van der Waals surface area contributed by atoms with Crippen molar-refractivity contribution < 1.29 is 34.3 Å². The summed E-state index contributed by atoms with van der Waals surface area (Å²) in [7, 11) is 0. The molecule has 1 amide bonds. The number of hydrogen-bond acceptors (Lipinski definition) is 8. The summed E-state index contributed by atoms with van der Waals surface area (Å²) in [6.45, 7) is 11.6. The van der Waals surface area contributed by atoms with E-state index < -0.39 is 6.10 Å². The van der Waals surface area contributed by atoms with Crippen LogP contribution in [0.3, 0.4) is 0 Å². The van der Waals surface area contributed by atoms with E-state index in [2.05, 4.69) is 26.1 Å². The average Bonchev–Trinajstić information content (AvgIpc) is 3.34. The molecule has 0 bridgehead atoms. The van der Waals surface area contributed by atoms with Gasteiger partial charge in [-0.3, -0.25) is 4.79 Å². The summed E-state index contributed by atoms with van der Waals surface area (Å²) < 4.78 is 16.5. The Morgan fingerprint density at radius 1 is 0.907 bits per heavy atom. The molecule has 0 heterocycles. The zero-order valence-electron chi connectivity index (χ0n) is 27.2. The first kappa shape index (κ1) is 35.1. The zero-order valence-corrected chi connectivity index (χ0v) is 27.2. The molecular weight excluding hydrogens is 548 g/mol. The van der Waals surface area contributed by atoms with E-state index in [1.54, 1.807) is 0 Å². The minimum absolute atomic E-state index is 0.0786. The van der Waals surface area contributed by atoms with Gasteiger partial charge in [0.25, 0.3) is 0 Å². The summed E-state index contributed by atoms with van der Waals surface area (Å²) in [6.07, 6.45) is 8.17. The number of carbonyl (C=O) groups is 1. The Hall–Kier alpha value is -0.810. The SMILES string of the molecule is C[C@H](CCC(=O)NCCCOCCOCCOCCCN)[C@H]1CC[C@H]2C3[C@H](O)C[C@@H]4C[C@H](O)CCC4(C)[C@H]3C[C@H](O)[C@]12C. The van der Waals surface area contributed by atoms with Crippen LogP contribution in [0.5, 0.6) is 0 Å². The Labute approximate surface area is 260 Å². The quantitative estimate of drug-likeness (QED) is 0.158. The van der Waals surface area contributed by atoms with Gasteiger partial charge >= 0.3 is 0 Å². The first-order valence-electron chi connectivity index (χ1n) is 17.4. The standard InChI is InChI=1S/C34H62N2O7/c1-23(6-9-31(40)36-13-5-15-42-17-19-43-18-16-41-14-4-12-35)26-7-8-27-32-28(22-30(39)34(26,27)3)33(2)11-10-25(37)20-24(33)21-29(32)38/h23-30,32,37-39H,4-22,35H2,1-3H3,(H,36,40)/t23-,24+,25-,26-,27+,28+,29-,30+,32?,33?,34-/m1/s1. The number of amides is 1. The molecule has 11 atom stereocenters. The van der Waals surface area contributed by atoms with Crippen LogP contribution in [-0.4, -0.2) is 92.3 Å². The van der Waals surface area contributed by atoms with Crippen molar-refractivity contribution in [1.82, 2.24) is 5.32 Å². The van der Waals surface area contributed by atoms with Gasteiger partial charge in [0.15, 0.2) is 0 Å². The normalized spacial score (nSPS) is 39.5. The lowest BCUT2D eigenvalue weighted by molar-refractivity contribution is -0.207. The molecule has 2 unspecified atom stereocenters. The van der Waals surface area contributed by atoms with E-state index >= 15 is 0 Å². The molecule has 9 nitrogen and oxygen atoms in total. The van der Waals surface area contributed by atoms with Crippen LogP contribution >= 0.6 is 0 Å². The second kappa shape index (κ2) is 16.1. The number of nitrogens with one attached hydrogen (secondary N) is 1. The molecule has 4 saturated carbocycles. The first-order valence-corrected chi connectivity index (χ1v) is 17.4. The maximum absolute atomic E-state index is 12.6. The molecule has 0 aromatic carbocycles. The lowest BCUT2D eigenvalue weighted by Gasteiger charge is -2.63. The van der Waals surface area contributed by atoms with Crippen molar-refractivity contribution in [2.75, 3.05) is 52.7 Å². The van der Waals surface area contributed by atoms with E-state index in [9.17, 15) is 20.1 Å². The Morgan fingerprint density at radius 3 is 2.28 bits per heavy atom. The fraction of sp³-hybridized carbons (Fsp3) is 0.971. The van der Waals surface area contributed by atoms with E-state index in [0.29, 0.717) is 88.7 Å². The Morgan fingerprint density at radius 2 is 1.58 bits per heavy atom. The Kier molecular flexibility index (Phi) is 13.2. The number of aliphatic hydroxyl groups excluding tert-OH is 3. The number of ether oxygens (including phenoxy) is 3. The second-order valence-electron chi connectivity index (χ2n) is 14.7. The molecule has 4 aliphatic rings. The Balaban J connectivity index is 1.15. The van der Waals surface area contributed by atoms with Gasteiger partial charge in [-0.05, 0) is 117 Å². The number of hydrogen-bond donors (Lipinski definition) is 5. The number of fused-ring (bicyclic) bond motifs is 5. The van der Waals surface area contributed by atoms with Crippen LogP contribution in [0.1, 0.15) is 91.4 Å². The molecule has 0 radical (unpaired) electrons. The molecule has 0 aliphatic heterocycles. The second-order valence-corrected chi connectivity index (χ2v) is 14.7. The van der Waals surface area contributed by atoms with Crippen molar-refractivity contribution >= 4 is 5.91 Å². The molecule has 0 aromatic heterocycles. The predicted molar refractivity (Wildman–Crippen MR) is 166 cm³/mol. The molecule has 250 valence electrons. The average molecular weight is 611 g/mol. The van der Waals surface area contributed by atoms with Crippen LogP contribution in [0.15, 0.2) is 0 Å². The smallest absolute Gasteiger partial charge is 0.220 e. The van der Waals surface area contributed by atoms with Gasteiger partial charge in [0.1, 0.15) is 0 Å². The monoisotopic (exact) mass is 610 g/mol. The molecule has 4 fully saturated rings. The van der Waals surface area contributed by atoms with Crippen molar-refractivity contribution in [1.29, 1.82) is 0 Å². The highest BCUT2D eigenvalue weighted by Gasteiger charge is 2.65. The molecule has 0 saturated heterocycles. The van der Waals surface area contributed by atoms with Crippen LogP contribution in [0.25, 0.3) is 0 Å². The maximum Gasteiger partial charge on any atom is 0.220 e. The van der Waals surface area contributed by atoms with Gasteiger partial charge in [-0.1, -0.05) is 20.8 Å². The van der Waals surface area contributed by atoms with Crippen LogP contribution in [0.2, 0.25) is 0 Å². The van der Waals surface area contributed by atoms with Crippen molar-refractivity contribution in [3.05, 3.63) is 0 Å². The van der Waals surface area contributed by atoms with Gasteiger partial charge in [-0.2, -0.15) is 0 Å². The van der Waals surface area contributed by atoms with E-state index in [1.807, 2.05) is 0 Å². The fourth-order valence-corrected chi connectivity index (χ4v) is 9.91. The van der Waals surface area contributed by atoms with Gasteiger partial charge < -0.3 is 40.6 Å². The van der Waals surface area contributed by atoms with Crippen LogP contribution < -0.4 is 11.1 Å². The number of aliphatic hydroxyl groups is 3. The molecule has 4 rings (SSSR count). The number of carbonyl (C=O) groups excluding carboxylic acids is 1. The third kappa shape index (κ3) is 8.13. The molecule has 0 aromatic rings. The summed E-state index contributed by atoms with van der Waals surface area (Å²) in [4.78, 5) is 12.6. The molecular formula is C34H62N2O7. The summed E-state index contributed by atoms with van der Waals surface area (Å²) in [5.41, 5.74) is 5.29. The molecule has 6 N–H and O–H groups in total. The third-order valence-electron chi connectivity index (χ3n) is 12.4. The lowest BCUT2D eigenvalue weighted by Crippen LogP contribution is -2.62. The molecule has 4 aliphatic carbocycles. The molecule has 9 heteroatoms. The summed E-state index contributed by atoms with van der Waals surface area (Å²) in [6, 6.07) is 0. The van der Waals surface area contributed by atoms with Crippen LogP contribution in [-0.2, 0) is 19.0 Å². The van der Waals surface area contributed by atoms with Crippen LogP contribution in [0.4, 0.5) is 0 Å². The van der Waals surface area contributed by atoms with Gasteiger partial charge in [0.05, 0.1) is 44.7 Å². The topological polar surface area (TPSA) is 144 Å². The summed E-state index contributed by atoms with van der Waals surface area (Å²) in [5, 5.41) is 36.6. The summed E-state index contributed by atoms with van der Waals surface area (Å²) >= 11 is 0. The van der Waals surface area contributed by atoms with Crippen molar-refractivity contribution in [3.8, 4) is 0 Å². The number of rotatable bonds is 17. The van der Waals surface area contributed by atoms with Gasteiger partial charge in [-0.15, -0.1) is 0 Å². The van der Waals surface area contributed by atoms with Crippen molar-refractivity contribution in [2.45, 2.75) is 110 Å². The maximum atomic E-state index is 12.6. The van der Waals surface area contributed by atoms with Crippen molar-refractivity contribution in [2.24, 2.45) is 52.1 Å². The van der Waals surface area contributed by atoms with Gasteiger partial charge in [0.2, 0.25) is 5.91 Å². The van der Waals surface area contributed by atoms with E-state index in [4.69, 9.17) is 19.9 Å². The summed E-state index contributed by atoms with van der Waals surface area (Å²) in [5.74, 6) is 1.93. The van der Waals surface area contributed by atoms with E-state index in [0.717, 1.165) is 64.2 Å². The highest BCUT2D eigenvalue weighted by atomic mass is 16.5. The van der Waals surface area contributed by atoms with E-state index in [1.165, 1.54) is 0 Å². The third-order valence-corrected chi connectivity index (χ3v) is 12.4. The van der Waals surface area contributed by atoms with E-state index in [-0.39, 0.29) is 34.9 Å². The fourth-order valence-electron chi connectivity index (χ4n) is 9.91.